The molecule has 1 aromatic carbocycles. The van der Waals surface area contributed by atoms with E-state index in [1.807, 2.05) is 24.3 Å². The molecule has 0 bridgehead atoms. The zero-order valence-corrected chi connectivity index (χ0v) is 11.5. The Labute approximate surface area is 117 Å². The SMILES string of the molecule is COC(=O)c1nc(-c2cccc(Br)c2)ccc1N=O. The fourth-order valence-electron chi connectivity index (χ4n) is 1.58. The second-order valence-electron chi connectivity index (χ2n) is 3.66. The van der Waals surface area contributed by atoms with Gasteiger partial charge in [-0.25, -0.2) is 9.78 Å². The molecule has 0 amide bonds. The summed E-state index contributed by atoms with van der Waals surface area (Å²) in [5, 5.41) is 2.77. The van der Waals surface area contributed by atoms with E-state index in [4.69, 9.17) is 0 Å². The average Bonchev–Trinajstić information content (AvgIpc) is 2.45. The molecule has 5 nitrogen and oxygen atoms in total. The first kappa shape index (κ1) is 13.4. The highest BCUT2D eigenvalue weighted by Crippen LogP contribution is 2.25. The Morgan fingerprint density at radius 2 is 2.11 bits per heavy atom. The Kier molecular flexibility index (Phi) is 4.01. The average molecular weight is 321 g/mol. The van der Waals surface area contributed by atoms with Crippen molar-refractivity contribution >= 4 is 27.6 Å². The van der Waals surface area contributed by atoms with Crippen LogP contribution in [0.25, 0.3) is 11.3 Å². The second kappa shape index (κ2) is 5.71. The fraction of sp³-hybridized carbons (Fsp3) is 0.0769. The van der Waals surface area contributed by atoms with E-state index in [1.54, 1.807) is 6.07 Å². The van der Waals surface area contributed by atoms with Crippen molar-refractivity contribution in [2.24, 2.45) is 5.18 Å². The van der Waals surface area contributed by atoms with Crippen molar-refractivity contribution < 1.29 is 9.53 Å². The summed E-state index contributed by atoms with van der Waals surface area (Å²) in [5.74, 6) is -0.688. The van der Waals surface area contributed by atoms with Gasteiger partial charge in [0, 0.05) is 10.0 Å². The third kappa shape index (κ3) is 2.85. The molecular weight excluding hydrogens is 312 g/mol. The van der Waals surface area contributed by atoms with Crippen LogP contribution in [-0.2, 0) is 4.74 Å². The lowest BCUT2D eigenvalue weighted by atomic mass is 10.1. The minimum absolute atomic E-state index is 0.0365. The predicted molar refractivity (Wildman–Crippen MR) is 74.2 cm³/mol. The Morgan fingerprint density at radius 1 is 1.32 bits per heavy atom. The number of nitrogens with zero attached hydrogens (tertiary/aromatic N) is 2. The maximum absolute atomic E-state index is 11.6. The molecular formula is C13H9BrN2O3. The molecule has 0 N–H and O–H groups in total. The van der Waals surface area contributed by atoms with Crippen LogP contribution in [0.15, 0.2) is 46.0 Å². The maximum atomic E-state index is 11.6. The van der Waals surface area contributed by atoms with E-state index in [1.165, 1.54) is 13.2 Å². The van der Waals surface area contributed by atoms with Gasteiger partial charge in [0.1, 0.15) is 5.69 Å². The topological polar surface area (TPSA) is 68.6 Å². The molecule has 19 heavy (non-hydrogen) atoms. The fourth-order valence-corrected chi connectivity index (χ4v) is 1.98. The molecule has 1 aromatic heterocycles. The van der Waals surface area contributed by atoms with Gasteiger partial charge < -0.3 is 4.74 Å². The third-order valence-corrected chi connectivity index (χ3v) is 2.96. The van der Waals surface area contributed by atoms with Crippen molar-refractivity contribution in [2.75, 3.05) is 7.11 Å². The summed E-state index contributed by atoms with van der Waals surface area (Å²) in [4.78, 5) is 26.3. The van der Waals surface area contributed by atoms with E-state index in [2.05, 4.69) is 30.8 Å². The molecule has 0 saturated heterocycles. The Morgan fingerprint density at radius 3 is 2.74 bits per heavy atom. The summed E-state index contributed by atoms with van der Waals surface area (Å²) in [6, 6.07) is 10.5. The van der Waals surface area contributed by atoms with E-state index in [-0.39, 0.29) is 11.4 Å². The number of hydrogen-bond donors (Lipinski definition) is 0. The number of carbonyl (C=O) groups excluding carboxylic acids is 1. The molecule has 0 aliphatic heterocycles. The molecule has 0 saturated carbocycles. The molecule has 0 atom stereocenters. The number of rotatable bonds is 3. The van der Waals surface area contributed by atoms with Gasteiger partial charge in [-0.05, 0) is 29.4 Å². The van der Waals surface area contributed by atoms with Gasteiger partial charge in [-0.2, -0.15) is 0 Å². The predicted octanol–water partition coefficient (Wildman–Crippen LogP) is 3.70. The van der Waals surface area contributed by atoms with Crippen molar-refractivity contribution in [1.29, 1.82) is 0 Å². The van der Waals surface area contributed by atoms with Crippen molar-refractivity contribution in [2.45, 2.75) is 0 Å². The van der Waals surface area contributed by atoms with Crippen LogP contribution in [0.3, 0.4) is 0 Å². The van der Waals surface area contributed by atoms with Crippen LogP contribution in [0.5, 0.6) is 0 Å². The van der Waals surface area contributed by atoms with Gasteiger partial charge in [0.2, 0.25) is 0 Å². The molecule has 0 aliphatic rings. The monoisotopic (exact) mass is 320 g/mol. The third-order valence-electron chi connectivity index (χ3n) is 2.47. The van der Waals surface area contributed by atoms with Crippen LogP contribution < -0.4 is 0 Å². The summed E-state index contributed by atoms with van der Waals surface area (Å²) in [5.41, 5.74) is 1.26. The molecule has 6 heteroatoms. The van der Waals surface area contributed by atoms with Crippen molar-refractivity contribution in [3.05, 3.63) is 51.5 Å². The van der Waals surface area contributed by atoms with Crippen molar-refractivity contribution in [3.8, 4) is 11.3 Å². The van der Waals surface area contributed by atoms with Crippen LogP contribution in [0.1, 0.15) is 10.5 Å². The minimum Gasteiger partial charge on any atom is -0.464 e. The first-order valence-electron chi connectivity index (χ1n) is 5.34. The van der Waals surface area contributed by atoms with Gasteiger partial charge in [-0.1, -0.05) is 28.1 Å². The first-order chi connectivity index (χ1) is 9.15. The van der Waals surface area contributed by atoms with Gasteiger partial charge in [0.15, 0.2) is 5.69 Å². The number of pyridine rings is 1. The Bertz CT molecular complexity index is 644. The Hall–Kier alpha value is -2.08. The highest BCUT2D eigenvalue weighted by molar-refractivity contribution is 9.10. The van der Waals surface area contributed by atoms with Crippen LogP contribution in [0.2, 0.25) is 0 Å². The summed E-state index contributed by atoms with van der Waals surface area (Å²) in [6.07, 6.45) is 0. The highest BCUT2D eigenvalue weighted by atomic mass is 79.9. The number of methoxy groups -OCH3 is 1. The number of ether oxygens (including phenoxy) is 1. The normalized spacial score (nSPS) is 10.0. The van der Waals surface area contributed by atoms with Crippen molar-refractivity contribution in [1.82, 2.24) is 4.98 Å². The van der Waals surface area contributed by atoms with Gasteiger partial charge in [0.25, 0.3) is 0 Å². The lowest BCUT2D eigenvalue weighted by Crippen LogP contribution is -2.05. The molecule has 0 spiro atoms. The lowest BCUT2D eigenvalue weighted by molar-refractivity contribution is 0.0595. The Balaban J connectivity index is 2.54. The summed E-state index contributed by atoms with van der Waals surface area (Å²) >= 11 is 3.36. The van der Waals surface area contributed by atoms with Crippen LogP contribution in [-0.4, -0.2) is 18.1 Å². The van der Waals surface area contributed by atoms with Crippen LogP contribution in [0, 0.1) is 4.91 Å². The summed E-state index contributed by atoms with van der Waals surface area (Å²) < 4.78 is 5.48. The molecule has 0 radical (unpaired) electrons. The van der Waals surface area contributed by atoms with E-state index in [9.17, 15) is 9.70 Å². The van der Waals surface area contributed by atoms with E-state index in [0.717, 1.165) is 10.0 Å². The number of esters is 1. The van der Waals surface area contributed by atoms with Gasteiger partial charge in [-0.3, -0.25) is 0 Å². The molecule has 2 rings (SSSR count). The number of aromatic nitrogens is 1. The number of halogens is 1. The zero-order chi connectivity index (χ0) is 13.8. The van der Waals surface area contributed by atoms with Gasteiger partial charge in [0.05, 0.1) is 12.8 Å². The smallest absolute Gasteiger partial charge is 0.359 e. The first-order valence-corrected chi connectivity index (χ1v) is 6.13. The summed E-state index contributed by atoms with van der Waals surface area (Å²) in [7, 11) is 1.23. The van der Waals surface area contributed by atoms with Gasteiger partial charge in [-0.15, -0.1) is 4.91 Å². The van der Waals surface area contributed by atoms with Gasteiger partial charge >= 0.3 is 5.97 Å². The number of benzene rings is 1. The molecule has 96 valence electrons. The maximum Gasteiger partial charge on any atom is 0.359 e. The van der Waals surface area contributed by atoms with Crippen LogP contribution in [0.4, 0.5) is 5.69 Å². The van der Waals surface area contributed by atoms with E-state index < -0.39 is 5.97 Å². The minimum atomic E-state index is -0.688. The van der Waals surface area contributed by atoms with Crippen molar-refractivity contribution in [3.63, 3.8) is 0 Å². The van der Waals surface area contributed by atoms with E-state index in [0.29, 0.717) is 5.69 Å². The molecule has 0 fully saturated rings. The molecule has 2 aromatic rings. The largest absolute Gasteiger partial charge is 0.464 e. The zero-order valence-electron chi connectivity index (χ0n) is 9.96. The standard InChI is InChI=1S/C13H9BrN2O3/c1-19-13(17)12-11(16-18)6-5-10(15-12)8-3-2-4-9(14)7-8/h2-7H,1H3. The molecule has 1 heterocycles. The molecule has 0 unspecified atom stereocenters. The van der Waals surface area contributed by atoms with E-state index >= 15 is 0 Å². The highest BCUT2D eigenvalue weighted by Gasteiger charge is 2.16. The quantitative estimate of drug-likeness (QED) is 0.638. The number of nitroso groups, excluding NO2 is 1. The molecule has 0 aliphatic carbocycles. The number of carbonyl (C=O) groups is 1. The lowest BCUT2D eigenvalue weighted by Gasteiger charge is -2.05. The number of hydrogen-bond acceptors (Lipinski definition) is 5. The van der Waals surface area contributed by atoms with Crippen LogP contribution >= 0.6 is 15.9 Å². The summed E-state index contributed by atoms with van der Waals surface area (Å²) in [6.45, 7) is 0. The second-order valence-corrected chi connectivity index (χ2v) is 4.57.